The highest BCUT2D eigenvalue weighted by molar-refractivity contribution is 4.69. The fourth-order valence-electron chi connectivity index (χ4n) is 1.33. The van der Waals surface area contributed by atoms with Gasteiger partial charge in [0.1, 0.15) is 0 Å². The van der Waals surface area contributed by atoms with Gasteiger partial charge in [-0.05, 0) is 11.8 Å². The maximum absolute atomic E-state index is 2.36. The van der Waals surface area contributed by atoms with E-state index in [4.69, 9.17) is 0 Å². The molecule has 1 aliphatic carbocycles. The van der Waals surface area contributed by atoms with Gasteiger partial charge in [-0.15, -0.1) is 0 Å². The second-order valence-corrected chi connectivity index (χ2v) is 2.89. The van der Waals surface area contributed by atoms with E-state index in [1.165, 1.54) is 19.3 Å². The van der Waals surface area contributed by atoms with Crippen LogP contribution >= 0.6 is 0 Å². The molecule has 1 aliphatic rings. The van der Waals surface area contributed by atoms with Crippen molar-refractivity contribution < 1.29 is 0 Å². The third kappa shape index (κ3) is 3.92. The highest BCUT2D eigenvalue weighted by Crippen LogP contribution is 2.29. The van der Waals surface area contributed by atoms with E-state index >= 15 is 0 Å². The molecular formula is C10H24. The van der Waals surface area contributed by atoms with Crippen LogP contribution in [0.1, 0.15) is 54.4 Å². The first-order valence-corrected chi connectivity index (χ1v) is 4.30. The third-order valence-corrected chi connectivity index (χ3v) is 2.29. The van der Waals surface area contributed by atoms with Crippen molar-refractivity contribution in [3.63, 3.8) is 0 Å². The van der Waals surface area contributed by atoms with Crippen LogP contribution in [0.2, 0.25) is 0 Å². The van der Waals surface area contributed by atoms with Crippen molar-refractivity contribution in [1.29, 1.82) is 0 Å². The molecule has 1 rings (SSSR count). The zero-order valence-electron chi connectivity index (χ0n) is 7.28. The summed E-state index contributed by atoms with van der Waals surface area (Å²) in [5, 5.41) is 0. The Morgan fingerprint density at radius 2 is 1.20 bits per heavy atom. The van der Waals surface area contributed by atoms with Crippen LogP contribution in [0.4, 0.5) is 0 Å². The monoisotopic (exact) mass is 144 g/mol. The summed E-state index contributed by atoms with van der Waals surface area (Å²) in [6.07, 6.45) is 4.42. The maximum atomic E-state index is 2.36. The van der Waals surface area contributed by atoms with Crippen molar-refractivity contribution in [3.05, 3.63) is 0 Å². The lowest BCUT2D eigenvalue weighted by atomic mass is 10.0. The van der Waals surface area contributed by atoms with E-state index in [-0.39, 0.29) is 7.43 Å². The minimum Gasteiger partial charge on any atom is -0.0776 e. The summed E-state index contributed by atoms with van der Waals surface area (Å²) < 4.78 is 0. The lowest BCUT2D eigenvalue weighted by molar-refractivity contribution is 0.457. The van der Waals surface area contributed by atoms with E-state index in [0.29, 0.717) is 0 Å². The molecule has 2 atom stereocenters. The molecule has 0 aliphatic heterocycles. The lowest BCUT2D eigenvalue weighted by Gasteiger charge is -2.05. The molecule has 10 heavy (non-hydrogen) atoms. The van der Waals surface area contributed by atoms with Gasteiger partial charge in [0, 0.05) is 0 Å². The number of hydrogen-bond acceptors (Lipinski definition) is 0. The van der Waals surface area contributed by atoms with Crippen LogP contribution in [0.5, 0.6) is 0 Å². The Balaban J connectivity index is 0. The normalized spacial score (nSPS) is 30.0. The maximum Gasteiger partial charge on any atom is -0.0417 e. The molecule has 0 nitrogen and oxygen atoms in total. The zero-order valence-corrected chi connectivity index (χ0v) is 7.28. The summed E-state index contributed by atoms with van der Waals surface area (Å²) in [6, 6.07) is 0. The van der Waals surface area contributed by atoms with Crippen LogP contribution < -0.4 is 0 Å². The van der Waals surface area contributed by atoms with Crippen LogP contribution in [0.15, 0.2) is 0 Å². The fraction of sp³-hybridized carbons (Fsp3) is 1.00. The number of hydrogen-bond donors (Lipinski definition) is 0. The van der Waals surface area contributed by atoms with Gasteiger partial charge in [0.15, 0.2) is 0 Å². The first kappa shape index (κ1) is 12.7. The van der Waals surface area contributed by atoms with Crippen molar-refractivity contribution >= 4 is 0 Å². The molecule has 0 aromatic rings. The third-order valence-electron chi connectivity index (χ3n) is 2.29. The first-order valence-electron chi connectivity index (χ1n) is 4.30. The van der Waals surface area contributed by atoms with Gasteiger partial charge in [-0.25, -0.2) is 0 Å². The number of rotatable bonds is 0. The SMILES string of the molecule is C.CC.CC1CCCC1C. The molecule has 0 aromatic heterocycles. The molecule has 0 N–H and O–H groups in total. The first-order chi connectivity index (χ1) is 4.30. The molecule has 0 heteroatoms. The minimum absolute atomic E-state index is 0. The molecule has 0 heterocycles. The van der Waals surface area contributed by atoms with Crippen LogP contribution in [0.3, 0.4) is 0 Å². The Hall–Kier alpha value is 0. The van der Waals surface area contributed by atoms with Gasteiger partial charge in [-0.3, -0.25) is 0 Å². The molecule has 2 unspecified atom stereocenters. The van der Waals surface area contributed by atoms with Gasteiger partial charge in [0.2, 0.25) is 0 Å². The van der Waals surface area contributed by atoms with Crippen molar-refractivity contribution in [1.82, 2.24) is 0 Å². The summed E-state index contributed by atoms with van der Waals surface area (Å²) in [7, 11) is 0. The highest BCUT2D eigenvalue weighted by atomic mass is 14.2. The van der Waals surface area contributed by atoms with Crippen LogP contribution in [0, 0.1) is 11.8 Å². The van der Waals surface area contributed by atoms with Crippen LogP contribution in [-0.2, 0) is 0 Å². The second kappa shape index (κ2) is 7.11. The Labute approximate surface area is 67.0 Å². The van der Waals surface area contributed by atoms with Crippen LogP contribution in [0.25, 0.3) is 0 Å². The highest BCUT2D eigenvalue weighted by Gasteiger charge is 2.17. The van der Waals surface area contributed by atoms with Gasteiger partial charge >= 0.3 is 0 Å². The Kier molecular flexibility index (Phi) is 9.00. The van der Waals surface area contributed by atoms with Crippen molar-refractivity contribution in [2.24, 2.45) is 11.8 Å². The predicted molar refractivity (Wildman–Crippen MR) is 50.3 cm³/mol. The predicted octanol–water partition coefficient (Wildman–Crippen LogP) is 4.10. The average molecular weight is 144 g/mol. The smallest absolute Gasteiger partial charge is 0.0417 e. The van der Waals surface area contributed by atoms with E-state index in [1.807, 2.05) is 13.8 Å². The minimum atomic E-state index is 0. The summed E-state index contributed by atoms with van der Waals surface area (Å²) in [4.78, 5) is 0. The molecule has 64 valence electrons. The second-order valence-electron chi connectivity index (χ2n) is 2.89. The zero-order chi connectivity index (χ0) is 7.28. The molecule has 0 spiro atoms. The molecule has 0 saturated heterocycles. The van der Waals surface area contributed by atoms with Gasteiger partial charge in [0.25, 0.3) is 0 Å². The Morgan fingerprint density at radius 1 is 0.900 bits per heavy atom. The van der Waals surface area contributed by atoms with Gasteiger partial charge in [-0.2, -0.15) is 0 Å². The molecule has 0 bridgehead atoms. The quantitative estimate of drug-likeness (QED) is 0.480. The van der Waals surface area contributed by atoms with Crippen molar-refractivity contribution in [2.45, 2.75) is 54.4 Å². The van der Waals surface area contributed by atoms with Gasteiger partial charge in [0.05, 0.1) is 0 Å². The largest absolute Gasteiger partial charge is 0.0776 e. The molecule has 0 aromatic carbocycles. The van der Waals surface area contributed by atoms with E-state index in [2.05, 4.69) is 13.8 Å². The Bertz CT molecular complexity index is 49.1. The Morgan fingerprint density at radius 3 is 1.30 bits per heavy atom. The van der Waals surface area contributed by atoms with Crippen molar-refractivity contribution in [3.8, 4) is 0 Å². The molecule has 0 amide bonds. The van der Waals surface area contributed by atoms with E-state index in [9.17, 15) is 0 Å². The van der Waals surface area contributed by atoms with E-state index in [0.717, 1.165) is 11.8 Å². The summed E-state index contributed by atoms with van der Waals surface area (Å²) in [5.41, 5.74) is 0. The lowest BCUT2D eigenvalue weighted by Crippen LogP contribution is -1.95. The average Bonchev–Trinajstić information content (AvgIpc) is 2.23. The molecule has 0 radical (unpaired) electrons. The van der Waals surface area contributed by atoms with Crippen molar-refractivity contribution in [2.75, 3.05) is 0 Å². The summed E-state index contributed by atoms with van der Waals surface area (Å²) in [6.45, 7) is 8.72. The summed E-state index contributed by atoms with van der Waals surface area (Å²) >= 11 is 0. The molecular weight excluding hydrogens is 120 g/mol. The summed E-state index contributed by atoms with van der Waals surface area (Å²) in [5.74, 6) is 2.03. The molecule has 1 saturated carbocycles. The van der Waals surface area contributed by atoms with Gasteiger partial charge < -0.3 is 0 Å². The molecule has 1 fully saturated rings. The van der Waals surface area contributed by atoms with E-state index < -0.39 is 0 Å². The van der Waals surface area contributed by atoms with Gasteiger partial charge in [-0.1, -0.05) is 54.4 Å². The van der Waals surface area contributed by atoms with Crippen LogP contribution in [-0.4, -0.2) is 0 Å². The fourth-order valence-corrected chi connectivity index (χ4v) is 1.33. The van der Waals surface area contributed by atoms with E-state index in [1.54, 1.807) is 0 Å². The topological polar surface area (TPSA) is 0 Å². The standard InChI is InChI=1S/C7H14.C2H6.CH4/c1-6-4-3-5-7(6)2;1-2;/h6-7H,3-5H2,1-2H3;1-2H3;1H4.